The number of rotatable bonds is 3. The molecule has 0 amide bonds. The molecule has 1 aromatic heterocycles. The first kappa shape index (κ1) is 13.1. The Morgan fingerprint density at radius 1 is 1.26 bits per heavy atom. The van der Waals surface area contributed by atoms with Crippen LogP contribution in [-0.2, 0) is 0 Å². The number of nitrogens with zero attached hydrogens (tertiary/aromatic N) is 1. The zero-order chi connectivity index (χ0) is 14.0. The molecule has 98 valence electrons. The van der Waals surface area contributed by atoms with E-state index < -0.39 is 6.11 Å². The molecule has 0 fully saturated rings. The second-order valence-electron chi connectivity index (χ2n) is 4.23. The lowest BCUT2D eigenvalue weighted by atomic mass is 9.99. The van der Waals surface area contributed by atoms with Crippen LogP contribution in [0, 0.1) is 18.3 Å². The Bertz CT molecular complexity index is 636. The molecule has 19 heavy (non-hydrogen) atoms. The summed E-state index contributed by atoms with van der Waals surface area (Å²) in [5, 5.41) is 8.99. The van der Waals surface area contributed by atoms with Gasteiger partial charge in [-0.05, 0) is 24.1 Å². The summed E-state index contributed by atoms with van der Waals surface area (Å²) >= 11 is 0. The van der Waals surface area contributed by atoms with E-state index in [4.69, 9.17) is 5.26 Å². The first-order valence-corrected chi connectivity index (χ1v) is 5.66. The van der Waals surface area contributed by atoms with Gasteiger partial charge in [0, 0.05) is 24.9 Å². The van der Waals surface area contributed by atoms with E-state index >= 15 is 0 Å². The molecular formula is C14H12F2N2O. The summed E-state index contributed by atoms with van der Waals surface area (Å²) in [6.45, 7) is 2.38. The molecule has 1 heterocycles. The summed E-state index contributed by atoms with van der Waals surface area (Å²) in [6.07, 6.45) is -0.00886. The third-order valence-corrected chi connectivity index (χ3v) is 2.73. The average molecular weight is 262 g/mol. The number of aromatic nitrogens is 1. The van der Waals surface area contributed by atoms with Crippen molar-refractivity contribution in [3.8, 4) is 22.9 Å². The lowest BCUT2D eigenvalue weighted by Crippen LogP contribution is -2.19. The quantitative estimate of drug-likeness (QED) is 0.913. The Kier molecular flexibility index (Phi) is 3.26. The molecule has 0 bridgehead atoms. The van der Waals surface area contributed by atoms with E-state index in [0.717, 1.165) is 0 Å². The predicted molar refractivity (Wildman–Crippen MR) is 66.9 cm³/mol. The van der Waals surface area contributed by atoms with Crippen LogP contribution in [-0.4, -0.2) is 11.1 Å². The van der Waals surface area contributed by atoms with Crippen molar-refractivity contribution in [1.82, 2.24) is 4.98 Å². The average Bonchev–Trinajstić information content (AvgIpc) is 2.78. The molecule has 0 saturated carbocycles. The number of ether oxygens (including phenoxy) is 1. The highest BCUT2D eigenvalue weighted by molar-refractivity contribution is 5.74. The minimum absolute atomic E-state index is 0.107. The first-order chi connectivity index (χ1) is 8.92. The summed E-state index contributed by atoms with van der Waals surface area (Å²) in [5.74, 6) is 0.107. The second kappa shape index (κ2) is 4.73. The van der Waals surface area contributed by atoms with Crippen LogP contribution >= 0.6 is 0 Å². The molecule has 0 aliphatic carbocycles. The predicted octanol–water partition coefficient (Wildman–Crippen LogP) is 3.85. The van der Waals surface area contributed by atoms with Gasteiger partial charge in [0.2, 0.25) is 0 Å². The van der Waals surface area contributed by atoms with Crippen LogP contribution in [0.2, 0.25) is 0 Å². The van der Waals surface area contributed by atoms with E-state index in [1.54, 1.807) is 31.5 Å². The van der Waals surface area contributed by atoms with Crippen molar-refractivity contribution in [2.75, 3.05) is 0 Å². The first-order valence-electron chi connectivity index (χ1n) is 5.66. The Balaban J connectivity index is 2.50. The van der Waals surface area contributed by atoms with Gasteiger partial charge in [-0.3, -0.25) is 0 Å². The van der Waals surface area contributed by atoms with Crippen molar-refractivity contribution >= 4 is 0 Å². The standard InChI is InChI=1S/C14H12F2N2O/c1-9-11(12-8-18-7-10(12)6-17)4-3-5-13(9)19-14(2,15)16/h3-5,7-8,18H,1-2H3. The van der Waals surface area contributed by atoms with Crippen LogP contribution in [0.3, 0.4) is 0 Å². The van der Waals surface area contributed by atoms with Crippen LogP contribution in [0.4, 0.5) is 8.78 Å². The van der Waals surface area contributed by atoms with Gasteiger partial charge in [0.15, 0.2) is 0 Å². The number of halogens is 2. The van der Waals surface area contributed by atoms with Crippen LogP contribution < -0.4 is 4.74 Å². The monoisotopic (exact) mass is 262 g/mol. The van der Waals surface area contributed by atoms with Gasteiger partial charge < -0.3 is 9.72 Å². The normalized spacial score (nSPS) is 11.1. The molecule has 3 nitrogen and oxygen atoms in total. The molecule has 0 unspecified atom stereocenters. The Morgan fingerprint density at radius 2 is 2.00 bits per heavy atom. The number of H-pyrrole nitrogens is 1. The maximum atomic E-state index is 12.9. The SMILES string of the molecule is Cc1c(OC(C)(F)F)cccc1-c1c[nH]cc1C#N. The maximum absolute atomic E-state index is 12.9. The minimum atomic E-state index is -3.24. The summed E-state index contributed by atoms with van der Waals surface area (Å²) in [4.78, 5) is 2.83. The van der Waals surface area contributed by atoms with Gasteiger partial charge in [0.25, 0.3) is 0 Å². The molecule has 2 rings (SSSR count). The minimum Gasteiger partial charge on any atom is -0.432 e. The highest BCUT2D eigenvalue weighted by atomic mass is 19.3. The van der Waals surface area contributed by atoms with Crippen LogP contribution in [0.1, 0.15) is 18.1 Å². The highest BCUT2D eigenvalue weighted by Gasteiger charge is 2.24. The zero-order valence-corrected chi connectivity index (χ0v) is 10.5. The number of alkyl halides is 2. The number of hydrogen-bond acceptors (Lipinski definition) is 2. The number of benzene rings is 1. The van der Waals surface area contributed by atoms with Crippen molar-refractivity contribution in [3.05, 3.63) is 41.7 Å². The van der Waals surface area contributed by atoms with Gasteiger partial charge in [-0.15, -0.1) is 0 Å². The summed E-state index contributed by atoms with van der Waals surface area (Å²) in [6, 6.07) is 6.92. The number of nitriles is 1. The van der Waals surface area contributed by atoms with Gasteiger partial charge in [0.1, 0.15) is 11.8 Å². The van der Waals surface area contributed by atoms with Gasteiger partial charge in [-0.25, -0.2) is 0 Å². The van der Waals surface area contributed by atoms with Crippen LogP contribution in [0.5, 0.6) is 5.75 Å². The second-order valence-corrected chi connectivity index (χ2v) is 4.23. The Hall–Kier alpha value is -2.35. The topological polar surface area (TPSA) is 48.8 Å². The maximum Gasteiger partial charge on any atom is 0.394 e. The van der Waals surface area contributed by atoms with E-state index in [9.17, 15) is 8.78 Å². The van der Waals surface area contributed by atoms with Crippen LogP contribution in [0.15, 0.2) is 30.6 Å². The fourth-order valence-corrected chi connectivity index (χ4v) is 1.89. The third-order valence-electron chi connectivity index (χ3n) is 2.73. The number of aromatic amines is 1. The summed E-state index contributed by atoms with van der Waals surface area (Å²) in [7, 11) is 0. The molecule has 0 saturated heterocycles. The van der Waals surface area contributed by atoms with Gasteiger partial charge >= 0.3 is 6.11 Å². The third kappa shape index (κ3) is 2.74. The van der Waals surface area contributed by atoms with Crippen molar-refractivity contribution in [2.24, 2.45) is 0 Å². The Labute approximate surface area is 109 Å². The molecule has 0 aliphatic heterocycles. The largest absolute Gasteiger partial charge is 0.432 e. The molecule has 5 heteroatoms. The highest BCUT2D eigenvalue weighted by Crippen LogP contribution is 2.33. The fraction of sp³-hybridized carbons (Fsp3) is 0.214. The zero-order valence-electron chi connectivity index (χ0n) is 10.5. The van der Waals surface area contributed by atoms with Gasteiger partial charge in [-0.2, -0.15) is 14.0 Å². The number of nitrogens with one attached hydrogen (secondary N) is 1. The molecular weight excluding hydrogens is 250 g/mol. The van der Waals surface area contributed by atoms with Crippen molar-refractivity contribution in [3.63, 3.8) is 0 Å². The number of hydrogen-bond donors (Lipinski definition) is 1. The summed E-state index contributed by atoms with van der Waals surface area (Å²) < 4.78 is 30.5. The lowest BCUT2D eigenvalue weighted by molar-refractivity contribution is -0.159. The molecule has 1 N–H and O–H groups in total. The fourth-order valence-electron chi connectivity index (χ4n) is 1.89. The Morgan fingerprint density at radius 3 is 2.63 bits per heavy atom. The van der Waals surface area contributed by atoms with E-state index in [0.29, 0.717) is 29.2 Å². The van der Waals surface area contributed by atoms with E-state index in [1.165, 1.54) is 6.07 Å². The van der Waals surface area contributed by atoms with Crippen molar-refractivity contribution < 1.29 is 13.5 Å². The van der Waals surface area contributed by atoms with E-state index in [-0.39, 0.29) is 5.75 Å². The van der Waals surface area contributed by atoms with E-state index in [2.05, 4.69) is 9.72 Å². The molecule has 0 atom stereocenters. The van der Waals surface area contributed by atoms with Crippen molar-refractivity contribution in [2.45, 2.75) is 20.0 Å². The molecule has 0 spiro atoms. The lowest BCUT2D eigenvalue weighted by Gasteiger charge is -2.16. The van der Waals surface area contributed by atoms with E-state index in [1.807, 2.05) is 6.07 Å². The summed E-state index contributed by atoms with van der Waals surface area (Å²) in [5.41, 5.74) is 2.40. The van der Waals surface area contributed by atoms with Crippen molar-refractivity contribution in [1.29, 1.82) is 5.26 Å². The molecule has 2 aromatic rings. The van der Waals surface area contributed by atoms with Gasteiger partial charge in [-0.1, -0.05) is 12.1 Å². The molecule has 0 aliphatic rings. The molecule has 0 radical (unpaired) electrons. The van der Waals surface area contributed by atoms with Gasteiger partial charge in [0.05, 0.1) is 5.56 Å². The smallest absolute Gasteiger partial charge is 0.394 e. The van der Waals surface area contributed by atoms with Crippen LogP contribution in [0.25, 0.3) is 11.1 Å². The molecule has 1 aromatic carbocycles.